The highest BCUT2D eigenvalue weighted by Gasteiger charge is 2.24. The van der Waals surface area contributed by atoms with Crippen molar-refractivity contribution in [1.29, 1.82) is 0 Å². The van der Waals surface area contributed by atoms with Gasteiger partial charge in [0, 0.05) is 5.41 Å². The van der Waals surface area contributed by atoms with Crippen molar-refractivity contribution in [2.24, 2.45) is 5.41 Å². The number of carbonyl (C=O) groups excluding carboxylic acids is 1. The SMILES string of the molecule is CC1=CC[C@](C)(C=O)CC1. The molecule has 0 aromatic carbocycles. The van der Waals surface area contributed by atoms with Crippen LogP contribution >= 0.6 is 0 Å². The van der Waals surface area contributed by atoms with Crippen LogP contribution in [0, 0.1) is 5.41 Å². The fourth-order valence-corrected chi connectivity index (χ4v) is 1.20. The van der Waals surface area contributed by atoms with Crippen molar-refractivity contribution in [3.63, 3.8) is 0 Å². The van der Waals surface area contributed by atoms with E-state index in [1.807, 2.05) is 6.92 Å². The molecule has 0 aromatic heterocycles. The van der Waals surface area contributed by atoms with E-state index in [0.717, 1.165) is 25.5 Å². The number of carbonyl (C=O) groups is 1. The Hall–Kier alpha value is -0.590. The zero-order valence-corrected chi connectivity index (χ0v) is 6.68. The number of aldehydes is 1. The first-order valence-electron chi connectivity index (χ1n) is 3.78. The third kappa shape index (κ3) is 1.47. The van der Waals surface area contributed by atoms with Crippen LogP contribution in [-0.2, 0) is 4.79 Å². The summed E-state index contributed by atoms with van der Waals surface area (Å²) in [5.41, 5.74) is 1.37. The lowest BCUT2D eigenvalue weighted by molar-refractivity contribution is -0.115. The van der Waals surface area contributed by atoms with Crippen LogP contribution in [-0.4, -0.2) is 6.29 Å². The van der Waals surface area contributed by atoms with E-state index in [2.05, 4.69) is 13.0 Å². The lowest BCUT2D eigenvalue weighted by Gasteiger charge is -2.25. The van der Waals surface area contributed by atoms with Gasteiger partial charge in [0.15, 0.2) is 0 Å². The summed E-state index contributed by atoms with van der Waals surface area (Å²) in [7, 11) is 0. The van der Waals surface area contributed by atoms with E-state index in [1.165, 1.54) is 5.57 Å². The molecular formula is C9H14O. The van der Waals surface area contributed by atoms with Gasteiger partial charge in [-0.3, -0.25) is 0 Å². The zero-order valence-electron chi connectivity index (χ0n) is 6.68. The molecule has 0 heterocycles. The first kappa shape index (κ1) is 7.52. The lowest BCUT2D eigenvalue weighted by atomic mass is 9.78. The molecule has 0 N–H and O–H groups in total. The van der Waals surface area contributed by atoms with E-state index in [4.69, 9.17) is 0 Å². The third-order valence-corrected chi connectivity index (χ3v) is 2.29. The number of allylic oxidation sites excluding steroid dienone is 2. The minimum absolute atomic E-state index is 0.0560. The molecule has 0 saturated heterocycles. The molecule has 0 aliphatic heterocycles. The first-order chi connectivity index (χ1) is 4.66. The van der Waals surface area contributed by atoms with E-state index in [1.54, 1.807) is 0 Å². The summed E-state index contributed by atoms with van der Waals surface area (Å²) in [5, 5.41) is 0. The van der Waals surface area contributed by atoms with E-state index in [-0.39, 0.29) is 5.41 Å². The average Bonchev–Trinajstić information content (AvgIpc) is 1.96. The predicted molar refractivity (Wildman–Crippen MR) is 41.8 cm³/mol. The van der Waals surface area contributed by atoms with E-state index in [9.17, 15) is 4.79 Å². The summed E-state index contributed by atoms with van der Waals surface area (Å²) in [5.74, 6) is 0. The molecule has 0 bridgehead atoms. The fourth-order valence-electron chi connectivity index (χ4n) is 1.20. The number of hydrogen-bond donors (Lipinski definition) is 0. The summed E-state index contributed by atoms with van der Waals surface area (Å²) in [4.78, 5) is 10.6. The summed E-state index contributed by atoms with van der Waals surface area (Å²) in [6.07, 6.45) is 6.32. The Morgan fingerprint density at radius 3 is 2.80 bits per heavy atom. The molecule has 10 heavy (non-hydrogen) atoms. The van der Waals surface area contributed by atoms with Crippen LogP contribution < -0.4 is 0 Å². The Labute approximate surface area is 62.1 Å². The molecule has 0 unspecified atom stereocenters. The summed E-state index contributed by atoms with van der Waals surface area (Å²) < 4.78 is 0. The predicted octanol–water partition coefficient (Wildman–Crippen LogP) is 2.32. The summed E-state index contributed by atoms with van der Waals surface area (Å²) in [6, 6.07) is 0. The van der Waals surface area contributed by atoms with Crippen LogP contribution in [0.25, 0.3) is 0 Å². The highest BCUT2D eigenvalue weighted by atomic mass is 16.1. The van der Waals surface area contributed by atoms with Crippen molar-refractivity contribution in [3.8, 4) is 0 Å². The van der Waals surface area contributed by atoms with Gasteiger partial charge in [0.05, 0.1) is 0 Å². The monoisotopic (exact) mass is 138 g/mol. The molecule has 1 atom stereocenters. The van der Waals surface area contributed by atoms with Crippen LogP contribution in [0.4, 0.5) is 0 Å². The molecule has 0 saturated carbocycles. The molecule has 1 rings (SSSR count). The number of rotatable bonds is 1. The minimum Gasteiger partial charge on any atom is -0.303 e. The van der Waals surface area contributed by atoms with Gasteiger partial charge < -0.3 is 4.79 Å². The van der Waals surface area contributed by atoms with E-state index < -0.39 is 0 Å². The maximum absolute atomic E-state index is 10.6. The quantitative estimate of drug-likeness (QED) is 0.401. The second kappa shape index (κ2) is 2.57. The van der Waals surface area contributed by atoms with Gasteiger partial charge in [0.25, 0.3) is 0 Å². The van der Waals surface area contributed by atoms with Crippen LogP contribution in [0.15, 0.2) is 11.6 Å². The molecule has 1 aliphatic carbocycles. The molecule has 0 aromatic rings. The Morgan fingerprint density at radius 2 is 2.40 bits per heavy atom. The van der Waals surface area contributed by atoms with Gasteiger partial charge in [-0.25, -0.2) is 0 Å². The van der Waals surface area contributed by atoms with Crippen LogP contribution in [0.5, 0.6) is 0 Å². The Bertz CT molecular complexity index is 170. The molecule has 0 radical (unpaired) electrons. The molecule has 0 amide bonds. The van der Waals surface area contributed by atoms with Crippen LogP contribution in [0.3, 0.4) is 0 Å². The standard InChI is InChI=1S/C9H14O/c1-8-3-5-9(2,7-10)6-4-8/h3,7H,4-6H2,1-2H3/t9-/m0/s1. The molecule has 1 nitrogen and oxygen atoms in total. The zero-order chi connectivity index (χ0) is 7.61. The van der Waals surface area contributed by atoms with Gasteiger partial charge in [0.1, 0.15) is 6.29 Å². The van der Waals surface area contributed by atoms with E-state index >= 15 is 0 Å². The second-order valence-corrected chi connectivity index (χ2v) is 3.53. The van der Waals surface area contributed by atoms with Crippen molar-refractivity contribution < 1.29 is 4.79 Å². The lowest BCUT2D eigenvalue weighted by Crippen LogP contribution is -2.20. The van der Waals surface area contributed by atoms with Crippen molar-refractivity contribution in [2.45, 2.75) is 33.1 Å². The van der Waals surface area contributed by atoms with Gasteiger partial charge in [0.2, 0.25) is 0 Å². The largest absolute Gasteiger partial charge is 0.303 e. The van der Waals surface area contributed by atoms with Crippen molar-refractivity contribution in [1.82, 2.24) is 0 Å². The van der Waals surface area contributed by atoms with Crippen molar-refractivity contribution >= 4 is 6.29 Å². The third-order valence-electron chi connectivity index (χ3n) is 2.29. The first-order valence-corrected chi connectivity index (χ1v) is 3.78. The molecule has 0 spiro atoms. The highest BCUT2D eigenvalue weighted by Crippen LogP contribution is 2.32. The number of hydrogen-bond acceptors (Lipinski definition) is 1. The topological polar surface area (TPSA) is 17.1 Å². The smallest absolute Gasteiger partial charge is 0.126 e. The van der Waals surface area contributed by atoms with Crippen LogP contribution in [0.2, 0.25) is 0 Å². The maximum atomic E-state index is 10.6. The van der Waals surface area contributed by atoms with Crippen LogP contribution in [0.1, 0.15) is 33.1 Å². The normalized spacial score (nSPS) is 33.2. The van der Waals surface area contributed by atoms with Gasteiger partial charge >= 0.3 is 0 Å². The second-order valence-electron chi connectivity index (χ2n) is 3.53. The Balaban J connectivity index is 2.64. The van der Waals surface area contributed by atoms with E-state index in [0.29, 0.717) is 0 Å². The van der Waals surface area contributed by atoms with Crippen molar-refractivity contribution in [2.75, 3.05) is 0 Å². The maximum Gasteiger partial charge on any atom is 0.126 e. The molecule has 1 heteroatoms. The minimum atomic E-state index is -0.0560. The van der Waals surface area contributed by atoms with Gasteiger partial charge in [-0.2, -0.15) is 0 Å². The van der Waals surface area contributed by atoms with Gasteiger partial charge in [-0.15, -0.1) is 0 Å². The Morgan fingerprint density at radius 1 is 1.70 bits per heavy atom. The molecule has 1 aliphatic rings. The molecule has 56 valence electrons. The Kier molecular flexibility index (Phi) is 1.93. The summed E-state index contributed by atoms with van der Waals surface area (Å²) in [6.45, 7) is 4.16. The van der Waals surface area contributed by atoms with Crippen molar-refractivity contribution in [3.05, 3.63) is 11.6 Å². The van der Waals surface area contributed by atoms with Gasteiger partial charge in [-0.1, -0.05) is 18.6 Å². The highest BCUT2D eigenvalue weighted by molar-refractivity contribution is 5.59. The van der Waals surface area contributed by atoms with Gasteiger partial charge in [-0.05, 0) is 26.2 Å². The fraction of sp³-hybridized carbons (Fsp3) is 0.667. The average molecular weight is 138 g/mol. The molecular weight excluding hydrogens is 124 g/mol. The molecule has 0 fully saturated rings. The summed E-state index contributed by atoms with van der Waals surface area (Å²) >= 11 is 0.